The summed E-state index contributed by atoms with van der Waals surface area (Å²) in [5.41, 5.74) is 3.04. The molecule has 1 unspecified atom stereocenters. The van der Waals surface area contributed by atoms with Gasteiger partial charge < -0.3 is 20.1 Å². The number of rotatable bonds is 2. The zero-order valence-corrected chi connectivity index (χ0v) is 14.4. The fraction of sp³-hybridized carbons (Fsp3) is 0.316. The molecule has 1 atom stereocenters. The van der Waals surface area contributed by atoms with Crippen molar-refractivity contribution in [2.45, 2.75) is 25.3 Å². The molecule has 2 aromatic carbocycles. The summed E-state index contributed by atoms with van der Waals surface area (Å²) in [6, 6.07) is 10.8. The van der Waals surface area contributed by atoms with Gasteiger partial charge in [0.25, 0.3) is 0 Å². The number of anilines is 1. The zero-order chi connectivity index (χ0) is 17.2. The largest absolute Gasteiger partial charge is 0.486 e. The molecule has 2 aliphatic rings. The van der Waals surface area contributed by atoms with Crippen LogP contribution < -0.4 is 20.1 Å². The highest BCUT2D eigenvalue weighted by Crippen LogP contribution is 2.39. The molecule has 0 saturated carbocycles. The first-order chi connectivity index (χ1) is 12.2. The molecule has 2 aromatic rings. The predicted octanol–water partition coefficient (Wildman–Crippen LogP) is 4.31. The van der Waals surface area contributed by atoms with Crippen molar-refractivity contribution < 1.29 is 14.3 Å². The molecule has 130 valence electrons. The maximum Gasteiger partial charge on any atom is 0.319 e. The topological polar surface area (TPSA) is 59.6 Å². The van der Waals surface area contributed by atoms with Crippen LogP contribution >= 0.6 is 11.6 Å². The Morgan fingerprint density at radius 1 is 1.08 bits per heavy atom. The van der Waals surface area contributed by atoms with Crippen molar-refractivity contribution >= 4 is 23.3 Å². The summed E-state index contributed by atoms with van der Waals surface area (Å²) in [6.07, 6.45) is 2.92. The van der Waals surface area contributed by atoms with E-state index < -0.39 is 0 Å². The molecule has 4 rings (SSSR count). The number of urea groups is 1. The van der Waals surface area contributed by atoms with Crippen LogP contribution in [-0.4, -0.2) is 19.2 Å². The Balaban J connectivity index is 1.50. The van der Waals surface area contributed by atoms with Crippen molar-refractivity contribution in [3.05, 3.63) is 52.5 Å². The third-order valence-corrected chi connectivity index (χ3v) is 4.78. The van der Waals surface area contributed by atoms with Gasteiger partial charge in [0.2, 0.25) is 0 Å². The molecular weight excluding hydrogens is 340 g/mol. The molecule has 1 heterocycles. The van der Waals surface area contributed by atoms with Gasteiger partial charge in [0.1, 0.15) is 13.2 Å². The SMILES string of the molecule is O=C(Nc1ccc(Cl)cc1)NC1CCCc2cc3c(cc21)OCCO3. The number of ether oxygens (including phenoxy) is 2. The van der Waals surface area contributed by atoms with Crippen LogP contribution in [-0.2, 0) is 6.42 Å². The highest BCUT2D eigenvalue weighted by Gasteiger charge is 2.25. The summed E-state index contributed by atoms with van der Waals surface area (Å²) in [5, 5.41) is 6.55. The number of carbonyl (C=O) groups excluding carboxylic acids is 1. The summed E-state index contributed by atoms with van der Waals surface area (Å²) in [7, 11) is 0. The number of amides is 2. The van der Waals surface area contributed by atoms with E-state index in [0.29, 0.717) is 23.9 Å². The molecule has 5 nitrogen and oxygen atoms in total. The highest BCUT2D eigenvalue weighted by molar-refractivity contribution is 6.30. The minimum Gasteiger partial charge on any atom is -0.486 e. The van der Waals surface area contributed by atoms with Gasteiger partial charge in [-0.3, -0.25) is 0 Å². The number of halogens is 1. The molecule has 1 aliphatic heterocycles. The maximum atomic E-state index is 12.4. The lowest BCUT2D eigenvalue weighted by Gasteiger charge is -2.29. The zero-order valence-electron chi connectivity index (χ0n) is 13.7. The van der Waals surface area contributed by atoms with Crippen LogP contribution in [0.4, 0.5) is 10.5 Å². The van der Waals surface area contributed by atoms with Crippen LogP contribution in [0.1, 0.15) is 30.0 Å². The quantitative estimate of drug-likeness (QED) is 0.841. The van der Waals surface area contributed by atoms with E-state index in [4.69, 9.17) is 21.1 Å². The Bertz CT molecular complexity index is 792. The van der Waals surface area contributed by atoms with Crippen LogP contribution in [0, 0.1) is 0 Å². The van der Waals surface area contributed by atoms with Crippen molar-refractivity contribution in [1.82, 2.24) is 5.32 Å². The molecule has 0 fully saturated rings. The van der Waals surface area contributed by atoms with Gasteiger partial charge in [0, 0.05) is 10.7 Å². The normalized spacial score (nSPS) is 18.2. The van der Waals surface area contributed by atoms with Gasteiger partial charge in [-0.1, -0.05) is 11.6 Å². The van der Waals surface area contributed by atoms with E-state index in [1.807, 2.05) is 6.07 Å². The first kappa shape index (κ1) is 16.1. The minimum atomic E-state index is -0.227. The highest BCUT2D eigenvalue weighted by atomic mass is 35.5. The second-order valence-electron chi connectivity index (χ2n) is 6.24. The van der Waals surface area contributed by atoms with E-state index >= 15 is 0 Å². The van der Waals surface area contributed by atoms with Gasteiger partial charge in [-0.2, -0.15) is 0 Å². The molecule has 1 aliphatic carbocycles. The van der Waals surface area contributed by atoms with Gasteiger partial charge in [0.05, 0.1) is 6.04 Å². The van der Waals surface area contributed by atoms with Gasteiger partial charge in [-0.15, -0.1) is 0 Å². The fourth-order valence-corrected chi connectivity index (χ4v) is 3.47. The van der Waals surface area contributed by atoms with Gasteiger partial charge in [-0.25, -0.2) is 4.79 Å². The van der Waals surface area contributed by atoms with Crippen LogP contribution in [0.3, 0.4) is 0 Å². The summed E-state index contributed by atoms with van der Waals surface area (Å²) in [4.78, 5) is 12.4. The molecule has 2 amide bonds. The second kappa shape index (κ2) is 6.84. The molecule has 0 radical (unpaired) electrons. The number of carbonyl (C=O) groups is 1. The van der Waals surface area contributed by atoms with Crippen LogP contribution in [0.5, 0.6) is 11.5 Å². The van der Waals surface area contributed by atoms with Crippen molar-refractivity contribution in [1.29, 1.82) is 0 Å². The molecule has 0 saturated heterocycles. The lowest BCUT2D eigenvalue weighted by atomic mass is 9.87. The van der Waals surface area contributed by atoms with E-state index in [0.717, 1.165) is 36.3 Å². The Hall–Kier alpha value is -2.40. The average Bonchev–Trinajstić information content (AvgIpc) is 2.62. The van der Waals surface area contributed by atoms with Crippen LogP contribution in [0.25, 0.3) is 0 Å². The van der Waals surface area contributed by atoms with E-state index in [9.17, 15) is 4.79 Å². The third kappa shape index (κ3) is 3.51. The van der Waals surface area contributed by atoms with E-state index in [1.165, 1.54) is 5.56 Å². The second-order valence-corrected chi connectivity index (χ2v) is 6.68. The molecule has 0 spiro atoms. The molecule has 6 heteroatoms. The van der Waals surface area contributed by atoms with E-state index in [2.05, 4.69) is 16.7 Å². The molecule has 2 N–H and O–H groups in total. The summed E-state index contributed by atoms with van der Waals surface area (Å²) >= 11 is 5.87. The van der Waals surface area contributed by atoms with Crippen molar-refractivity contribution in [3.63, 3.8) is 0 Å². The fourth-order valence-electron chi connectivity index (χ4n) is 3.35. The van der Waals surface area contributed by atoms with E-state index in [-0.39, 0.29) is 12.1 Å². The van der Waals surface area contributed by atoms with Crippen molar-refractivity contribution in [2.24, 2.45) is 0 Å². The Morgan fingerprint density at radius 2 is 1.80 bits per heavy atom. The minimum absolute atomic E-state index is 0.0353. The third-order valence-electron chi connectivity index (χ3n) is 4.53. The first-order valence-corrected chi connectivity index (χ1v) is 8.82. The smallest absolute Gasteiger partial charge is 0.319 e. The van der Waals surface area contributed by atoms with Gasteiger partial charge in [-0.05, 0) is 66.8 Å². The Kier molecular flexibility index (Phi) is 4.40. The van der Waals surface area contributed by atoms with Crippen LogP contribution in [0.2, 0.25) is 5.02 Å². The predicted molar refractivity (Wildman–Crippen MR) is 96.7 cm³/mol. The summed E-state index contributed by atoms with van der Waals surface area (Å²) in [6.45, 7) is 1.14. The molecule has 25 heavy (non-hydrogen) atoms. The maximum absolute atomic E-state index is 12.4. The van der Waals surface area contributed by atoms with Gasteiger partial charge >= 0.3 is 6.03 Å². The molecule has 0 aromatic heterocycles. The number of hydrogen-bond acceptors (Lipinski definition) is 3. The van der Waals surface area contributed by atoms with Crippen LogP contribution in [0.15, 0.2) is 36.4 Å². The number of nitrogens with one attached hydrogen (secondary N) is 2. The summed E-state index contributed by atoms with van der Waals surface area (Å²) < 4.78 is 11.3. The number of fused-ring (bicyclic) bond motifs is 2. The number of aryl methyl sites for hydroxylation is 1. The summed E-state index contributed by atoms with van der Waals surface area (Å²) in [5.74, 6) is 1.56. The van der Waals surface area contributed by atoms with Crippen molar-refractivity contribution in [2.75, 3.05) is 18.5 Å². The lowest BCUT2D eigenvalue weighted by molar-refractivity contribution is 0.171. The first-order valence-electron chi connectivity index (χ1n) is 8.44. The van der Waals surface area contributed by atoms with Crippen molar-refractivity contribution in [3.8, 4) is 11.5 Å². The molecule has 0 bridgehead atoms. The number of benzene rings is 2. The van der Waals surface area contributed by atoms with Gasteiger partial charge in [0.15, 0.2) is 11.5 Å². The standard InChI is InChI=1S/C19H19ClN2O3/c20-13-4-6-14(7-5-13)21-19(23)22-16-3-1-2-12-10-17-18(11-15(12)16)25-9-8-24-17/h4-7,10-11,16H,1-3,8-9H2,(H2,21,22,23). The Morgan fingerprint density at radius 3 is 2.56 bits per heavy atom. The number of hydrogen-bond donors (Lipinski definition) is 2. The van der Waals surface area contributed by atoms with E-state index in [1.54, 1.807) is 24.3 Å². The monoisotopic (exact) mass is 358 g/mol. The average molecular weight is 359 g/mol. The Labute approximate surface area is 151 Å². The molecular formula is C19H19ClN2O3. The lowest BCUT2D eigenvalue weighted by Crippen LogP contribution is -2.34.